The van der Waals surface area contributed by atoms with E-state index in [1.807, 2.05) is 0 Å². The lowest BCUT2D eigenvalue weighted by Gasteiger charge is -2.08. The van der Waals surface area contributed by atoms with Crippen LogP contribution in [0.5, 0.6) is 5.75 Å². The van der Waals surface area contributed by atoms with E-state index in [-0.39, 0.29) is 4.49 Å². The summed E-state index contributed by atoms with van der Waals surface area (Å²) in [5, 5.41) is 1.14. The molecular formula is C14H16Cl4O2. The van der Waals surface area contributed by atoms with Gasteiger partial charge in [-0.1, -0.05) is 46.4 Å². The number of ether oxygens (including phenoxy) is 2. The van der Waals surface area contributed by atoms with E-state index in [2.05, 4.69) is 0 Å². The number of halogens is 4. The first kappa shape index (κ1) is 17.9. The largest absolute Gasteiger partial charge is 0.492 e. The second-order valence-corrected chi connectivity index (χ2v) is 5.90. The molecule has 0 radical (unpaired) electrons. The van der Waals surface area contributed by atoms with Gasteiger partial charge in [-0.15, -0.1) is 0 Å². The van der Waals surface area contributed by atoms with Crippen molar-refractivity contribution in [3.05, 3.63) is 38.8 Å². The van der Waals surface area contributed by atoms with Gasteiger partial charge in [-0.2, -0.15) is 0 Å². The Morgan fingerprint density at radius 1 is 1.05 bits per heavy atom. The van der Waals surface area contributed by atoms with Crippen LogP contribution < -0.4 is 4.74 Å². The van der Waals surface area contributed by atoms with Crippen LogP contribution in [-0.4, -0.2) is 19.8 Å². The van der Waals surface area contributed by atoms with E-state index < -0.39 is 0 Å². The summed E-state index contributed by atoms with van der Waals surface area (Å²) in [7, 11) is 0. The molecular weight excluding hydrogens is 342 g/mol. The maximum absolute atomic E-state index is 6.00. The lowest BCUT2D eigenvalue weighted by Crippen LogP contribution is -2.00. The van der Waals surface area contributed by atoms with E-state index in [1.54, 1.807) is 24.3 Å². The van der Waals surface area contributed by atoms with Gasteiger partial charge in [-0.05, 0) is 43.5 Å². The van der Waals surface area contributed by atoms with Gasteiger partial charge in [0.1, 0.15) is 10.2 Å². The van der Waals surface area contributed by atoms with Crippen LogP contribution in [0.2, 0.25) is 10.0 Å². The number of rotatable bonds is 9. The second kappa shape index (κ2) is 10.6. The number of hydrogen-bond acceptors (Lipinski definition) is 2. The molecule has 6 heteroatoms. The SMILES string of the molecule is ClC(Cl)=CCOCCCCCOc1ccc(Cl)cc1Cl. The zero-order valence-electron chi connectivity index (χ0n) is 10.9. The molecule has 0 atom stereocenters. The summed E-state index contributed by atoms with van der Waals surface area (Å²) in [5.41, 5.74) is 0. The van der Waals surface area contributed by atoms with Crippen LogP contribution >= 0.6 is 46.4 Å². The Labute approximate surface area is 139 Å². The molecule has 1 rings (SSSR count). The van der Waals surface area contributed by atoms with Crippen molar-refractivity contribution in [1.82, 2.24) is 0 Å². The quantitative estimate of drug-likeness (QED) is 0.514. The van der Waals surface area contributed by atoms with Crippen molar-refractivity contribution in [2.45, 2.75) is 19.3 Å². The molecule has 0 aliphatic heterocycles. The van der Waals surface area contributed by atoms with Crippen LogP contribution in [0.25, 0.3) is 0 Å². The highest BCUT2D eigenvalue weighted by atomic mass is 35.5. The van der Waals surface area contributed by atoms with Crippen molar-refractivity contribution in [3.63, 3.8) is 0 Å². The number of benzene rings is 1. The monoisotopic (exact) mass is 356 g/mol. The molecule has 0 unspecified atom stereocenters. The third-order valence-corrected chi connectivity index (χ3v) is 3.28. The first-order chi connectivity index (χ1) is 9.59. The summed E-state index contributed by atoms with van der Waals surface area (Å²) in [6, 6.07) is 5.20. The molecule has 1 aromatic rings. The van der Waals surface area contributed by atoms with Crippen LogP contribution in [0.15, 0.2) is 28.8 Å². The Hall–Kier alpha value is -0.120. The van der Waals surface area contributed by atoms with Crippen LogP contribution in [0.3, 0.4) is 0 Å². The van der Waals surface area contributed by atoms with Crippen molar-refractivity contribution in [2.75, 3.05) is 19.8 Å². The highest BCUT2D eigenvalue weighted by Crippen LogP contribution is 2.27. The van der Waals surface area contributed by atoms with E-state index >= 15 is 0 Å². The summed E-state index contributed by atoms with van der Waals surface area (Å²) < 4.78 is 11.1. The van der Waals surface area contributed by atoms with Crippen molar-refractivity contribution < 1.29 is 9.47 Å². The average molecular weight is 358 g/mol. The van der Waals surface area contributed by atoms with Crippen molar-refractivity contribution in [2.24, 2.45) is 0 Å². The zero-order chi connectivity index (χ0) is 14.8. The smallest absolute Gasteiger partial charge is 0.137 e. The third-order valence-electron chi connectivity index (χ3n) is 2.44. The topological polar surface area (TPSA) is 18.5 Å². The number of unbranched alkanes of at least 4 members (excludes halogenated alkanes) is 2. The van der Waals surface area contributed by atoms with Gasteiger partial charge in [-0.25, -0.2) is 0 Å². The maximum atomic E-state index is 6.00. The Kier molecular flexibility index (Phi) is 9.49. The molecule has 112 valence electrons. The Balaban J connectivity index is 2.03. The van der Waals surface area contributed by atoms with Gasteiger partial charge in [0.05, 0.1) is 18.2 Å². The molecule has 20 heavy (non-hydrogen) atoms. The fourth-order valence-corrected chi connectivity index (χ4v) is 2.05. The molecule has 0 N–H and O–H groups in total. The Bertz CT molecular complexity index is 431. The highest BCUT2D eigenvalue weighted by Gasteiger charge is 2.01. The standard InChI is InChI=1S/C14H16Cl4O2/c15-11-4-5-13(12(16)10-11)20-8-3-1-2-7-19-9-6-14(17)18/h4-6,10H,1-3,7-9H2. The Morgan fingerprint density at radius 3 is 2.50 bits per heavy atom. The molecule has 0 heterocycles. The van der Waals surface area contributed by atoms with Crippen molar-refractivity contribution in [3.8, 4) is 5.75 Å². The predicted octanol–water partition coefficient (Wildman–Crippen LogP) is 5.88. The van der Waals surface area contributed by atoms with Gasteiger partial charge in [0, 0.05) is 11.6 Å². The minimum atomic E-state index is 0.234. The molecule has 0 saturated carbocycles. The van der Waals surface area contributed by atoms with Gasteiger partial charge in [0.25, 0.3) is 0 Å². The summed E-state index contributed by atoms with van der Waals surface area (Å²) in [5.74, 6) is 0.661. The lowest BCUT2D eigenvalue weighted by atomic mass is 10.2. The van der Waals surface area contributed by atoms with E-state index in [4.69, 9.17) is 55.9 Å². The maximum Gasteiger partial charge on any atom is 0.137 e. The third kappa shape index (κ3) is 8.23. The summed E-state index contributed by atoms with van der Waals surface area (Å²) in [6.07, 6.45) is 4.54. The first-order valence-corrected chi connectivity index (χ1v) is 7.77. The average Bonchev–Trinajstić information content (AvgIpc) is 2.38. The molecule has 0 bridgehead atoms. The molecule has 0 aliphatic carbocycles. The molecule has 0 amide bonds. The van der Waals surface area contributed by atoms with Crippen LogP contribution in [0.1, 0.15) is 19.3 Å². The van der Waals surface area contributed by atoms with Gasteiger partial charge in [0.15, 0.2) is 0 Å². The summed E-state index contributed by atoms with van der Waals surface area (Å²) in [4.78, 5) is 0. The predicted molar refractivity (Wildman–Crippen MR) is 86.4 cm³/mol. The first-order valence-electron chi connectivity index (χ1n) is 6.26. The summed E-state index contributed by atoms with van der Waals surface area (Å²) in [6.45, 7) is 1.74. The van der Waals surface area contributed by atoms with Crippen molar-refractivity contribution in [1.29, 1.82) is 0 Å². The number of hydrogen-bond donors (Lipinski definition) is 0. The van der Waals surface area contributed by atoms with Gasteiger partial charge in [0.2, 0.25) is 0 Å². The fraction of sp³-hybridized carbons (Fsp3) is 0.429. The summed E-state index contributed by atoms with van der Waals surface area (Å²) >= 11 is 22.7. The van der Waals surface area contributed by atoms with Crippen LogP contribution in [-0.2, 0) is 4.74 Å². The molecule has 2 nitrogen and oxygen atoms in total. The van der Waals surface area contributed by atoms with Crippen LogP contribution in [0, 0.1) is 0 Å². The fourth-order valence-electron chi connectivity index (χ4n) is 1.46. The molecule has 0 spiro atoms. The van der Waals surface area contributed by atoms with Gasteiger partial charge in [-0.3, -0.25) is 0 Å². The van der Waals surface area contributed by atoms with E-state index in [0.29, 0.717) is 35.6 Å². The van der Waals surface area contributed by atoms with Crippen molar-refractivity contribution >= 4 is 46.4 Å². The molecule has 0 aromatic heterocycles. The molecule has 0 aliphatic rings. The molecule has 0 fully saturated rings. The highest BCUT2D eigenvalue weighted by molar-refractivity contribution is 6.55. The second-order valence-electron chi connectivity index (χ2n) is 4.05. The normalized spacial score (nSPS) is 10.4. The zero-order valence-corrected chi connectivity index (χ0v) is 13.9. The minimum absolute atomic E-state index is 0.234. The molecule has 1 aromatic carbocycles. The molecule has 0 saturated heterocycles. The van der Waals surface area contributed by atoms with Gasteiger partial charge < -0.3 is 9.47 Å². The Morgan fingerprint density at radius 2 is 1.80 bits per heavy atom. The lowest BCUT2D eigenvalue weighted by molar-refractivity contribution is 0.155. The van der Waals surface area contributed by atoms with E-state index in [1.165, 1.54) is 0 Å². The van der Waals surface area contributed by atoms with Crippen LogP contribution in [0.4, 0.5) is 0 Å². The minimum Gasteiger partial charge on any atom is -0.492 e. The van der Waals surface area contributed by atoms with E-state index in [9.17, 15) is 0 Å². The van der Waals surface area contributed by atoms with Gasteiger partial charge >= 0.3 is 0 Å². The van der Waals surface area contributed by atoms with E-state index in [0.717, 1.165) is 19.3 Å².